The third-order valence-corrected chi connectivity index (χ3v) is 10.4. The summed E-state index contributed by atoms with van der Waals surface area (Å²) in [5, 5.41) is 16.7. The maximum absolute atomic E-state index is 15.3. The predicted molar refractivity (Wildman–Crippen MR) is 171 cm³/mol. The molecule has 2 amide bonds. The summed E-state index contributed by atoms with van der Waals surface area (Å²) < 4.78 is 44.1. The lowest BCUT2D eigenvalue weighted by atomic mass is 9.82. The fraction of sp³-hybridized carbons (Fsp3) is 0.387. The van der Waals surface area contributed by atoms with Crippen LogP contribution < -0.4 is 5.32 Å². The number of benzene rings is 2. The first kappa shape index (κ1) is 34.6. The van der Waals surface area contributed by atoms with Crippen LogP contribution >= 0.6 is 11.6 Å². The molecule has 2 unspecified atom stereocenters. The molecule has 2 N–H and O–H groups in total. The molecule has 1 fully saturated rings. The van der Waals surface area contributed by atoms with Gasteiger partial charge in [0.2, 0.25) is 15.9 Å². The van der Waals surface area contributed by atoms with Crippen molar-refractivity contribution in [1.29, 1.82) is 0 Å². The topological polar surface area (TPSA) is 169 Å². The molecule has 3 aromatic rings. The number of rotatable bonds is 11. The fourth-order valence-electron chi connectivity index (χ4n) is 5.99. The number of amides is 2. The highest BCUT2D eigenvalue weighted by Gasteiger charge is 2.42. The molecule has 2 heterocycles. The van der Waals surface area contributed by atoms with Crippen LogP contribution in [0.15, 0.2) is 77.0 Å². The maximum atomic E-state index is 15.3. The molecule has 1 aliphatic heterocycles. The van der Waals surface area contributed by atoms with E-state index in [0.29, 0.717) is 5.02 Å². The highest BCUT2D eigenvalue weighted by Crippen LogP contribution is 2.33. The van der Waals surface area contributed by atoms with Crippen molar-refractivity contribution in [2.24, 2.45) is 11.0 Å². The SMILES string of the molecule is CC(C)[C@H](c1ccc(Cl)cc1)[C@@H](N=[N+]=[N-])C(=O)Nc1cncc(F)c1CCC1CN(C(=O)O)CC(C)N1S(=O)(=O)c1ccccc1. The summed E-state index contributed by atoms with van der Waals surface area (Å²) in [5.74, 6) is -2.11. The van der Waals surface area contributed by atoms with E-state index in [0.717, 1.165) is 16.7 Å². The van der Waals surface area contributed by atoms with Crippen molar-refractivity contribution >= 4 is 39.3 Å². The first-order valence-electron chi connectivity index (χ1n) is 14.6. The fourth-order valence-corrected chi connectivity index (χ4v) is 7.97. The number of carbonyl (C=O) groups is 2. The van der Waals surface area contributed by atoms with Gasteiger partial charge in [0.15, 0.2) is 0 Å². The number of hydrogen-bond acceptors (Lipinski definition) is 6. The minimum absolute atomic E-state index is 0.0261. The van der Waals surface area contributed by atoms with Crippen molar-refractivity contribution in [3.8, 4) is 0 Å². The standard InChI is InChI=1S/C31H35ClFN7O5S/c1-19(2)28(21-9-11-22(32)12-10-21)29(37-38-34)30(41)36-27-16-35-15-26(33)25(27)14-13-23-18-39(31(42)43)17-20(3)40(23)46(44,45)24-7-5-4-6-8-24/h4-12,15-16,19-20,23,28-29H,13-14,17-18H2,1-3H3,(H,36,41)(H,42,43)/t20?,23?,28-,29-/m1/s1. The Morgan fingerprint density at radius 3 is 2.43 bits per heavy atom. The lowest BCUT2D eigenvalue weighted by Gasteiger charge is -2.43. The number of sulfonamides is 1. The van der Waals surface area contributed by atoms with E-state index < -0.39 is 51.9 Å². The Labute approximate surface area is 271 Å². The van der Waals surface area contributed by atoms with E-state index in [1.807, 2.05) is 13.8 Å². The average Bonchev–Trinajstić information content (AvgIpc) is 3.01. The van der Waals surface area contributed by atoms with Crippen LogP contribution in [-0.4, -0.2) is 70.9 Å². The van der Waals surface area contributed by atoms with Crippen LogP contribution in [0.25, 0.3) is 10.4 Å². The first-order chi connectivity index (χ1) is 21.8. The second-order valence-electron chi connectivity index (χ2n) is 11.5. The monoisotopic (exact) mass is 671 g/mol. The number of carbonyl (C=O) groups excluding carboxylic acids is 1. The molecule has 46 heavy (non-hydrogen) atoms. The molecule has 4 atom stereocenters. The van der Waals surface area contributed by atoms with E-state index in [-0.39, 0.29) is 48.0 Å². The van der Waals surface area contributed by atoms with Gasteiger partial charge in [-0.1, -0.05) is 60.9 Å². The van der Waals surface area contributed by atoms with Crippen molar-refractivity contribution in [2.75, 3.05) is 18.4 Å². The van der Waals surface area contributed by atoms with E-state index in [9.17, 15) is 28.6 Å². The molecule has 0 aliphatic carbocycles. The van der Waals surface area contributed by atoms with Gasteiger partial charge in [0.1, 0.15) is 11.9 Å². The zero-order chi connectivity index (χ0) is 33.6. The van der Waals surface area contributed by atoms with Gasteiger partial charge in [-0.05, 0) is 61.0 Å². The number of nitrogens with one attached hydrogen (secondary N) is 1. The summed E-state index contributed by atoms with van der Waals surface area (Å²) in [6.45, 7) is 5.22. The minimum Gasteiger partial charge on any atom is -0.465 e. The van der Waals surface area contributed by atoms with Crippen LogP contribution in [0.2, 0.25) is 5.02 Å². The summed E-state index contributed by atoms with van der Waals surface area (Å²) in [7, 11) is -4.03. The minimum atomic E-state index is -4.03. The molecule has 0 saturated carbocycles. The Balaban J connectivity index is 1.64. The van der Waals surface area contributed by atoms with E-state index >= 15 is 4.39 Å². The lowest BCUT2D eigenvalue weighted by molar-refractivity contribution is -0.118. The van der Waals surface area contributed by atoms with Gasteiger partial charge in [-0.3, -0.25) is 9.78 Å². The van der Waals surface area contributed by atoms with E-state index in [1.165, 1.54) is 22.6 Å². The number of halogens is 2. The highest BCUT2D eigenvalue weighted by molar-refractivity contribution is 7.89. The number of pyridine rings is 1. The Kier molecular flexibility index (Phi) is 11.2. The average molecular weight is 672 g/mol. The smallest absolute Gasteiger partial charge is 0.407 e. The highest BCUT2D eigenvalue weighted by atomic mass is 35.5. The van der Waals surface area contributed by atoms with Crippen LogP contribution in [0.5, 0.6) is 0 Å². The molecule has 4 rings (SSSR count). The van der Waals surface area contributed by atoms with Gasteiger partial charge >= 0.3 is 6.09 Å². The number of anilines is 1. The molecule has 0 spiro atoms. The van der Waals surface area contributed by atoms with Crippen molar-refractivity contribution in [3.05, 3.63) is 99.4 Å². The molecule has 0 bridgehead atoms. The van der Waals surface area contributed by atoms with Crippen molar-refractivity contribution < 1.29 is 27.5 Å². The molecular weight excluding hydrogens is 637 g/mol. The molecule has 12 nitrogen and oxygen atoms in total. The van der Waals surface area contributed by atoms with Gasteiger partial charge in [0.05, 0.1) is 23.0 Å². The van der Waals surface area contributed by atoms with E-state index in [1.54, 1.807) is 49.4 Å². The van der Waals surface area contributed by atoms with Gasteiger partial charge in [0, 0.05) is 46.6 Å². The second kappa shape index (κ2) is 14.9. The third kappa shape index (κ3) is 7.76. The van der Waals surface area contributed by atoms with Gasteiger partial charge in [-0.25, -0.2) is 17.6 Å². The summed E-state index contributed by atoms with van der Waals surface area (Å²) in [4.78, 5) is 33.6. The predicted octanol–water partition coefficient (Wildman–Crippen LogP) is 6.31. The Morgan fingerprint density at radius 2 is 1.83 bits per heavy atom. The normalized spacial score (nSPS) is 18.4. The maximum Gasteiger partial charge on any atom is 0.407 e. The lowest BCUT2D eigenvalue weighted by Crippen LogP contribution is -2.60. The van der Waals surface area contributed by atoms with Gasteiger partial charge in [-0.15, -0.1) is 0 Å². The summed E-state index contributed by atoms with van der Waals surface area (Å²) in [6.07, 6.45) is 1.02. The number of azide groups is 1. The van der Waals surface area contributed by atoms with Crippen molar-refractivity contribution in [1.82, 2.24) is 14.2 Å². The number of aromatic nitrogens is 1. The van der Waals surface area contributed by atoms with Crippen molar-refractivity contribution in [2.45, 2.75) is 62.6 Å². The molecule has 1 aromatic heterocycles. The van der Waals surface area contributed by atoms with Gasteiger partial charge in [-0.2, -0.15) is 4.31 Å². The summed E-state index contributed by atoms with van der Waals surface area (Å²) in [5.41, 5.74) is 10.1. The molecule has 15 heteroatoms. The van der Waals surface area contributed by atoms with Crippen LogP contribution in [-0.2, 0) is 21.2 Å². The zero-order valence-electron chi connectivity index (χ0n) is 25.5. The van der Waals surface area contributed by atoms with Crippen LogP contribution in [0.1, 0.15) is 44.2 Å². The van der Waals surface area contributed by atoms with E-state index in [4.69, 9.17) is 11.6 Å². The van der Waals surface area contributed by atoms with Crippen LogP contribution in [0.4, 0.5) is 14.9 Å². The molecule has 2 aromatic carbocycles. The Hall–Kier alpha value is -4.23. The molecule has 1 aliphatic rings. The van der Waals surface area contributed by atoms with Gasteiger partial charge in [0.25, 0.3) is 0 Å². The second-order valence-corrected chi connectivity index (χ2v) is 13.8. The number of nitrogens with zero attached hydrogens (tertiary/aromatic N) is 6. The molecule has 1 saturated heterocycles. The number of hydrogen-bond donors (Lipinski definition) is 2. The summed E-state index contributed by atoms with van der Waals surface area (Å²) in [6, 6.07) is 11.9. The van der Waals surface area contributed by atoms with Crippen LogP contribution in [0, 0.1) is 11.7 Å². The summed E-state index contributed by atoms with van der Waals surface area (Å²) >= 11 is 6.05. The first-order valence-corrected chi connectivity index (χ1v) is 16.5. The quantitative estimate of drug-likeness (QED) is 0.138. The van der Waals surface area contributed by atoms with E-state index in [2.05, 4.69) is 20.3 Å². The molecular formula is C31H35ClFN7O5S. The van der Waals surface area contributed by atoms with Crippen molar-refractivity contribution in [3.63, 3.8) is 0 Å². The Morgan fingerprint density at radius 1 is 1.15 bits per heavy atom. The van der Waals surface area contributed by atoms with Crippen LogP contribution in [0.3, 0.4) is 0 Å². The zero-order valence-corrected chi connectivity index (χ0v) is 27.1. The Bertz CT molecular complexity index is 1710. The largest absolute Gasteiger partial charge is 0.465 e. The molecule has 0 radical (unpaired) electrons. The third-order valence-electron chi connectivity index (χ3n) is 8.05. The van der Waals surface area contributed by atoms with Gasteiger partial charge < -0.3 is 15.3 Å². The number of carboxylic acid groups (broad SMARTS) is 1. The number of piperazine rings is 1. The molecule has 244 valence electrons.